The molecule has 1 aromatic carbocycles. The molecule has 0 saturated carbocycles. The standard InChI is InChI=1S/C12H12N2.ClH/c13-9-10-1-3-11(4-2-10)12-5-7-14-8-6-12;/h1-8H,9,13H2;1H. The molecular formula is C12H13ClN2. The van der Waals surface area contributed by atoms with Crippen LogP contribution in [-0.4, -0.2) is 4.98 Å². The van der Waals surface area contributed by atoms with Crippen LogP contribution in [0.3, 0.4) is 0 Å². The Morgan fingerprint density at radius 1 is 0.867 bits per heavy atom. The van der Waals surface area contributed by atoms with Gasteiger partial charge in [0.15, 0.2) is 0 Å². The van der Waals surface area contributed by atoms with Gasteiger partial charge in [0.05, 0.1) is 0 Å². The predicted molar refractivity (Wildman–Crippen MR) is 64.8 cm³/mol. The fourth-order valence-electron chi connectivity index (χ4n) is 1.38. The minimum Gasteiger partial charge on any atom is -0.326 e. The predicted octanol–water partition coefficient (Wildman–Crippen LogP) is 2.63. The zero-order chi connectivity index (χ0) is 9.80. The summed E-state index contributed by atoms with van der Waals surface area (Å²) < 4.78 is 0. The van der Waals surface area contributed by atoms with Crippen molar-refractivity contribution in [2.24, 2.45) is 5.73 Å². The summed E-state index contributed by atoms with van der Waals surface area (Å²) in [7, 11) is 0. The van der Waals surface area contributed by atoms with Gasteiger partial charge in [0.1, 0.15) is 0 Å². The summed E-state index contributed by atoms with van der Waals surface area (Å²) in [5.41, 5.74) is 9.07. The van der Waals surface area contributed by atoms with Crippen molar-refractivity contribution in [3.05, 3.63) is 54.4 Å². The Morgan fingerprint density at radius 2 is 1.40 bits per heavy atom. The van der Waals surface area contributed by atoms with Gasteiger partial charge in [-0.1, -0.05) is 24.3 Å². The topological polar surface area (TPSA) is 38.9 Å². The van der Waals surface area contributed by atoms with Crippen molar-refractivity contribution < 1.29 is 0 Å². The van der Waals surface area contributed by atoms with Crippen molar-refractivity contribution in [1.29, 1.82) is 0 Å². The maximum Gasteiger partial charge on any atom is 0.0273 e. The van der Waals surface area contributed by atoms with Crippen molar-refractivity contribution in [2.45, 2.75) is 6.54 Å². The van der Waals surface area contributed by atoms with Crippen LogP contribution in [0.2, 0.25) is 0 Å². The monoisotopic (exact) mass is 220 g/mol. The fourth-order valence-corrected chi connectivity index (χ4v) is 1.38. The zero-order valence-corrected chi connectivity index (χ0v) is 9.08. The van der Waals surface area contributed by atoms with Crippen LogP contribution in [0.1, 0.15) is 5.56 Å². The van der Waals surface area contributed by atoms with Gasteiger partial charge in [-0.2, -0.15) is 0 Å². The van der Waals surface area contributed by atoms with Gasteiger partial charge < -0.3 is 5.73 Å². The van der Waals surface area contributed by atoms with E-state index >= 15 is 0 Å². The molecule has 0 fully saturated rings. The van der Waals surface area contributed by atoms with E-state index in [-0.39, 0.29) is 12.4 Å². The second-order valence-electron chi connectivity index (χ2n) is 3.14. The Labute approximate surface area is 95.6 Å². The molecule has 0 bridgehead atoms. The molecule has 0 amide bonds. The molecule has 3 heteroatoms. The maximum absolute atomic E-state index is 5.53. The van der Waals surface area contributed by atoms with E-state index in [1.165, 1.54) is 11.1 Å². The summed E-state index contributed by atoms with van der Waals surface area (Å²) in [6.45, 7) is 0.594. The highest BCUT2D eigenvalue weighted by Crippen LogP contribution is 2.18. The average Bonchev–Trinajstić information content (AvgIpc) is 2.30. The lowest BCUT2D eigenvalue weighted by atomic mass is 10.1. The Kier molecular flexibility index (Phi) is 4.28. The first-order chi connectivity index (χ1) is 6.90. The molecule has 15 heavy (non-hydrogen) atoms. The number of nitrogens with zero attached hydrogens (tertiary/aromatic N) is 1. The summed E-state index contributed by atoms with van der Waals surface area (Å²) in [5, 5.41) is 0. The van der Waals surface area contributed by atoms with Crippen molar-refractivity contribution in [3.63, 3.8) is 0 Å². The molecule has 1 aromatic heterocycles. The van der Waals surface area contributed by atoms with E-state index in [1.54, 1.807) is 12.4 Å². The molecule has 2 rings (SSSR count). The third-order valence-corrected chi connectivity index (χ3v) is 2.20. The summed E-state index contributed by atoms with van der Waals surface area (Å²) >= 11 is 0. The minimum atomic E-state index is 0. The van der Waals surface area contributed by atoms with Gasteiger partial charge in [-0.15, -0.1) is 12.4 Å². The van der Waals surface area contributed by atoms with E-state index < -0.39 is 0 Å². The van der Waals surface area contributed by atoms with Crippen LogP contribution in [0.4, 0.5) is 0 Å². The molecular weight excluding hydrogens is 208 g/mol. The molecule has 1 heterocycles. The Morgan fingerprint density at radius 3 is 1.93 bits per heavy atom. The van der Waals surface area contributed by atoms with Gasteiger partial charge in [-0.25, -0.2) is 0 Å². The van der Waals surface area contributed by atoms with Crippen LogP contribution in [0.5, 0.6) is 0 Å². The molecule has 0 aliphatic heterocycles. The molecule has 0 atom stereocenters. The summed E-state index contributed by atoms with van der Waals surface area (Å²) in [4.78, 5) is 3.98. The number of halogens is 1. The van der Waals surface area contributed by atoms with Gasteiger partial charge in [0.2, 0.25) is 0 Å². The molecule has 78 valence electrons. The molecule has 2 N–H and O–H groups in total. The summed E-state index contributed by atoms with van der Waals surface area (Å²) in [6.07, 6.45) is 3.60. The fraction of sp³-hybridized carbons (Fsp3) is 0.0833. The number of benzene rings is 1. The third-order valence-electron chi connectivity index (χ3n) is 2.20. The molecule has 0 radical (unpaired) electrons. The van der Waals surface area contributed by atoms with E-state index in [9.17, 15) is 0 Å². The second kappa shape index (κ2) is 5.49. The van der Waals surface area contributed by atoms with Crippen molar-refractivity contribution >= 4 is 12.4 Å². The SMILES string of the molecule is Cl.NCc1ccc(-c2ccncc2)cc1. The number of aromatic nitrogens is 1. The van der Waals surface area contributed by atoms with E-state index in [2.05, 4.69) is 29.2 Å². The van der Waals surface area contributed by atoms with E-state index in [0.717, 1.165) is 5.56 Å². The highest BCUT2D eigenvalue weighted by molar-refractivity contribution is 5.85. The normalized spacial score (nSPS) is 9.40. The van der Waals surface area contributed by atoms with E-state index in [0.29, 0.717) is 6.54 Å². The van der Waals surface area contributed by atoms with Crippen LogP contribution in [0.25, 0.3) is 11.1 Å². The smallest absolute Gasteiger partial charge is 0.0273 e. The van der Waals surface area contributed by atoms with Gasteiger partial charge in [0.25, 0.3) is 0 Å². The summed E-state index contributed by atoms with van der Waals surface area (Å²) in [5.74, 6) is 0. The number of nitrogens with two attached hydrogens (primary N) is 1. The lowest BCUT2D eigenvalue weighted by Gasteiger charge is -2.01. The number of pyridine rings is 1. The van der Waals surface area contributed by atoms with Crippen molar-refractivity contribution in [3.8, 4) is 11.1 Å². The molecule has 0 aliphatic rings. The second-order valence-corrected chi connectivity index (χ2v) is 3.14. The van der Waals surface area contributed by atoms with Crippen LogP contribution in [-0.2, 0) is 6.54 Å². The first kappa shape index (κ1) is 11.7. The first-order valence-corrected chi connectivity index (χ1v) is 4.59. The van der Waals surface area contributed by atoms with Crippen LogP contribution < -0.4 is 5.73 Å². The average molecular weight is 221 g/mol. The molecule has 0 saturated heterocycles. The lowest BCUT2D eigenvalue weighted by Crippen LogP contribution is -1.95. The van der Waals surface area contributed by atoms with Crippen molar-refractivity contribution in [2.75, 3.05) is 0 Å². The number of hydrogen-bond acceptors (Lipinski definition) is 2. The highest BCUT2D eigenvalue weighted by atomic mass is 35.5. The highest BCUT2D eigenvalue weighted by Gasteiger charge is 1.95. The Hall–Kier alpha value is -1.38. The quantitative estimate of drug-likeness (QED) is 0.845. The third kappa shape index (κ3) is 2.78. The van der Waals surface area contributed by atoms with Crippen molar-refractivity contribution in [1.82, 2.24) is 4.98 Å². The van der Waals surface area contributed by atoms with E-state index in [1.807, 2.05) is 12.1 Å². The van der Waals surface area contributed by atoms with Gasteiger partial charge in [0, 0.05) is 18.9 Å². The molecule has 0 spiro atoms. The molecule has 2 aromatic rings. The van der Waals surface area contributed by atoms with E-state index in [4.69, 9.17) is 5.73 Å². The molecule has 0 aliphatic carbocycles. The largest absolute Gasteiger partial charge is 0.326 e. The van der Waals surface area contributed by atoms with Gasteiger partial charge in [-0.3, -0.25) is 4.98 Å². The minimum absolute atomic E-state index is 0. The zero-order valence-electron chi connectivity index (χ0n) is 8.26. The Balaban J connectivity index is 0.00000112. The number of hydrogen-bond donors (Lipinski definition) is 1. The van der Waals surface area contributed by atoms with Gasteiger partial charge in [-0.05, 0) is 28.8 Å². The maximum atomic E-state index is 5.53. The van der Waals surface area contributed by atoms with Crippen LogP contribution in [0, 0.1) is 0 Å². The van der Waals surface area contributed by atoms with Gasteiger partial charge >= 0.3 is 0 Å². The molecule has 2 nitrogen and oxygen atoms in total. The first-order valence-electron chi connectivity index (χ1n) is 4.59. The Bertz CT molecular complexity index is 398. The number of rotatable bonds is 2. The lowest BCUT2D eigenvalue weighted by molar-refractivity contribution is 1.07. The van der Waals surface area contributed by atoms with Crippen LogP contribution >= 0.6 is 12.4 Å². The van der Waals surface area contributed by atoms with Crippen LogP contribution in [0.15, 0.2) is 48.8 Å². The molecule has 0 unspecified atom stereocenters. The summed E-state index contributed by atoms with van der Waals surface area (Å²) in [6, 6.07) is 12.3.